The summed E-state index contributed by atoms with van der Waals surface area (Å²) < 4.78 is 12.0. The SMILES string of the molecule is Cc1oc2cc3oc(=S)cc(-c4ccccc4)c3cc2c1C. The second-order valence-electron chi connectivity index (χ2n) is 5.47. The van der Waals surface area contributed by atoms with Crippen LogP contribution in [0.25, 0.3) is 33.1 Å². The number of aryl methyl sites for hydroxylation is 2. The monoisotopic (exact) mass is 306 g/mol. The van der Waals surface area contributed by atoms with Crippen LogP contribution < -0.4 is 0 Å². The first-order valence-electron chi connectivity index (χ1n) is 7.16. The summed E-state index contributed by atoms with van der Waals surface area (Å²) in [5.41, 5.74) is 4.98. The van der Waals surface area contributed by atoms with Gasteiger partial charge in [0.15, 0.2) is 4.71 Å². The van der Waals surface area contributed by atoms with Crippen molar-refractivity contribution < 1.29 is 8.83 Å². The number of furan rings is 1. The second-order valence-corrected chi connectivity index (χ2v) is 5.88. The molecule has 2 nitrogen and oxygen atoms in total. The largest absolute Gasteiger partial charge is 0.461 e. The summed E-state index contributed by atoms with van der Waals surface area (Å²) in [5, 5.41) is 2.17. The van der Waals surface area contributed by atoms with E-state index in [2.05, 4.69) is 25.1 Å². The van der Waals surface area contributed by atoms with Crippen molar-refractivity contribution in [2.75, 3.05) is 0 Å². The molecule has 2 aromatic carbocycles. The molecule has 0 aliphatic carbocycles. The molecular formula is C19H14O2S. The first-order chi connectivity index (χ1) is 10.6. The maximum Gasteiger partial charge on any atom is 0.191 e. The van der Waals surface area contributed by atoms with Gasteiger partial charge in [-0.2, -0.15) is 0 Å². The molecule has 0 saturated heterocycles. The van der Waals surface area contributed by atoms with Crippen molar-refractivity contribution in [2.24, 2.45) is 0 Å². The Morgan fingerprint density at radius 2 is 1.55 bits per heavy atom. The maximum absolute atomic E-state index is 5.80. The van der Waals surface area contributed by atoms with Crippen LogP contribution in [0.2, 0.25) is 0 Å². The highest BCUT2D eigenvalue weighted by Gasteiger charge is 2.12. The minimum absolute atomic E-state index is 0.478. The Labute approximate surface area is 133 Å². The van der Waals surface area contributed by atoms with Crippen LogP contribution in [0.1, 0.15) is 11.3 Å². The fraction of sp³-hybridized carbons (Fsp3) is 0.105. The van der Waals surface area contributed by atoms with E-state index in [9.17, 15) is 0 Å². The minimum atomic E-state index is 0.478. The lowest BCUT2D eigenvalue weighted by atomic mass is 10.0. The van der Waals surface area contributed by atoms with Gasteiger partial charge in [-0.1, -0.05) is 30.3 Å². The van der Waals surface area contributed by atoms with Crippen LogP contribution in [0, 0.1) is 18.6 Å². The van der Waals surface area contributed by atoms with Gasteiger partial charge in [-0.15, -0.1) is 0 Å². The average molecular weight is 306 g/mol. The number of rotatable bonds is 1. The predicted octanol–water partition coefficient (Wildman–Crippen LogP) is 6.19. The zero-order valence-corrected chi connectivity index (χ0v) is 13.2. The molecule has 0 aliphatic heterocycles. The van der Waals surface area contributed by atoms with Gasteiger partial charge in [0.05, 0.1) is 0 Å². The van der Waals surface area contributed by atoms with Gasteiger partial charge in [-0.25, -0.2) is 0 Å². The van der Waals surface area contributed by atoms with E-state index in [1.165, 1.54) is 5.56 Å². The Bertz CT molecular complexity index is 1060. The summed E-state index contributed by atoms with van der Waals surface area (Å²) in [4.78, 5) is 0. The molecule has 0 fully saturated rings. The Kier molecular flexibility index (Phi) is 2.91. The molecule has 0 radical (unpaired) electrons. The molecule has 0 atom stereocenters. The minimum Gasteiger partial charge on any atom is -0.461 e. The number of hydrogen-bond acceptors (Lipinski definition) is 3. The zero-order chi connectivity index (χ0) is 15.3. The van der Waals surface area contributed by atoms with Crippen LogP contribution in [0.4, 0.5) is 0 Å². The lowest BCUT2D eigenvalue weighted by molar-refractivity contribution is 0.568. The van der Waals surface area contributed by atoms with Crippen LogP contribution in [-0.2, 0) is 0 Å². The lowest BCUT2D eigenvalue weighted by Crippen LogP contribution is -1.83. The van der Waals surface area contributed by atoms with Gasteiger partial charge in [0.1, 0.15) is 16.9 Å². The molecule has 0 bridgehead atoms. The molecule has 108 valence electrons. The third-order valence-corrected chi connectivity index (χ3v) is 4.33. The van der Waals surface area contributed by atoms with Gasteiger partial charge in [0, 0.05) is 22.9 Å². The molecule has 4 aromatic rings. The van der Waals surface area contributed by atoms with Crippen LogP contribution in [0.15, 0.2) is 57.4 Å². The summed E-state index contributed by atoms with van der Waals surface area (Å²) >= 11 is 5.28. The van der Waals surface area contributed by atoms with Crippen molar-refractivity contribution in [3.8, 4) is 11.1 Å². The summed E-state index contributed by atoms with van der Waals surface area (Å²) in [6.07, 6.45) is 0. The number of fused-ring (bicyclic) bond motifs is 2. The Hall–Kier alpha value is -2.39. The van der Waals surface area contributed by atoms with Gasteiger partial charge in [-0.3, -0.25) is 0 Å². The normalized spacial score (nSPS) is 11.4. The van der Waals surface area contributed by atoms with Gasteiger partial charge in [-0.05, 0) is 48.8 Å². The van der Waals surface area contributed by atoms with Gasteiger partial charge in [0.2, 0.25) is 0 Å². The first kappa shape index (κ1) is 13.3. The molecule has 0 N–H and O–H groups in total. The van der Waals surface area contributed by atoms with Crippen LogP contribution in [0.3, 0.4) is 0 Å². The first-order valence-corrected chi connectivity index (χ1v) is 7.57. The van der Waals surface area contributed by atoms with E-state index in [1.807, 2.05) is 37.3 Å². The van der Waals surface area contributed by atoms with Crippen molar-refractivity contribution >= 4 is 34.2 Å². The summed E-state index contributed by atoms with van der Waals surface area (Å²) in [7, 11) is 0. The van der Waals surface area contributed by atoms with Crippen molar-refractivity contribution in [3.05, 3.63) is 64.6 Å². The quantitative estimate of drug-likeness (QED) is 0.392. The molecule has 3 heteroatoms. The van der Waals surface area contributed by atoms with Gasteiger partial charge in [0.25, 0.3) is 0 Å². The Morgan fingerprint density at radius 1 is 0.818 bits per heavy atom. The van der Waals surface area contributed by atoms with E-state index < -0.39 is 0 Å². The van der Waals surface area contributed by atoms with Crippen LogP contribution in [-0.4, -0.2) is 0 Å². The van der Waals surface area contributed by atoms with Crippen LogP contribution >= 0.6 is 12.2 Å². The fourth-order valence-electron chi connectivity index (χ4n) is 2.85. The standard InChI is InChI=1S/C19H14O2S/c1-11-12(2)20-17-10-18-16(8-14(11)17)15(9-19(22)21-18)13-6-4-3-5-7-13/h3-10H,1-2H3. The van der Waals surface area contributed by atoms with E-state index in [1.54, 1.807) is 0 Å². The summed E-state index contributed by atoms with van der Waals surface area (Å²) in [6, 6.07) is 16.2. The highest BCUT2D eigenvalue weighted by atomic mass is 32.1. The van der Waals surface area contributed by atoms with Gasteiger partial charge >= 0.3 is 0 Å². The van der Waals surface area contributed by atoms with Crippen molar-refractivity contribution in [1.82, 2.24) is 0 Å². The zero-order valence-electron chi connectivity index (χ0n) is 12.3. The highest BCUT2D eigenvalue weighted by Crippen LogP contribution is 2.34. The van der Waals surface area contributed by atoms with Crippen molar-refractivity contribution in [1.29, 1.82) is 0 Å². The lowest BCUT2D eigenvalue weighted by Gasteiger charge is -2.06. The second kappa shape index (κ2) is 4.82. The molecule has 0 saturated carbocycles. The summed E-state index contributed by atoms with van der Waals surface area (Å²) in [6.45, 7) is 4.06. The van der Waals surface area contributed by atoms with Gasteiger partial charge < -0.3 is 8.83 Å². The smallest absolute Gasteiger partial charge is 0.191 e. The predicted molar refractivity (Wildman–Crippen MR) is 91.7 cm³/mol. The van der Waals surface area contributed by atoms with Crippen LogP contribution in [0.5, 0.6) is 0 Å². The molecule has 22 heavy (non-hydrogen) atoms. The highest BCUT2D eigenvalue weighted by molar-refractivity contribution is 7.71. The van der Waals surface area contributed by atoms with Crippen molar-refractivity contribution in [2.45, 2.75) is 13.8 Å². The molecule has 4 rings (SSSR count). The topological polar surface area (TPSA) is 26.3 Å². The third kappa shape index (κ3) is 1.97. The fourth-order valence-corrected chi connectivity index (χ4v) is 3.06. The molecule has 0 aliphatic rings. The van der Waals surface area contributed by atoms with Crippen molar-refractivity contribution in [3.63, 3.8) is 0 Å². The molecule has 0 unspecified atom stereocenters. The van der Waals surface area contributed by atoms with E-state index >= 15 is 0 Å². The Balaban J connectivity index is 2.16. The maximum atomic E-state index is 5.80. The summed E-state index contributed by atoms with van der Waals surface area (Å²) in [5.74, 6) is 0.935. The molecule has 2 heterocycles. The van der Waals surface area contributed by atoms with E-state index in [-0.39, 0.29) is 0 Å². The molecule has 0 amide bonds. The van der Waals surface area contributed by atoms with E-state index in [0.29, 0.717) is 4.71 Å². The van der Waals surface area contributed by atoms with E-state index in [0.717, 1.165) is 38.8 Å². The number of hydrogen-bond donors (Lipinski definition) is 0. The van der Waals surface area contributed by atoms with E-state index in [4.69, 9.17) is 21.1 Å². The third-order valence-electron chi connectivity index (χ3n) is 4.12. The number of benzene rings is 2. The molecular weight excluding hydrogens is 292 g/mol. The molecule has 0 spiro atoms. The molecule has 2 aromatic heterocycles. The Morgan fingerprint density at radius 3 is 2.32 bits per heavy atom. The average Bonchev–Trinajstić information content (AvgIpc) is 2.80.